The second-order valence-electron chi connectivity index (χ2n) is 5.38. The number of hydrogen-bond acceptors (Lipinski definition) is 2. The van der Waals surface area contributed by atoms with E-state index in [0.717, 1.165) is 31.2 Å². The summed E-state index contributed by atoms with van der Waals surface area (Å²) in [5.41, 5.74) is 0. The third-order valence-electron chi connectivity index (χ3n) is 4.31. The Bertz CT molecular complexity index is 262. The highest BCUT2D eigenvalue weighted by Gasteiger charge is 2.40. The SMILES string of the molecule is O=C(NC1CCC2CNCCC21)C1CC1. The number of nitrogens with one attached hydrogen (secondary N) is 2. The number of hydrogen-bond donors (Lipinski definition) is 2. The van der Waals surface area contributed by atoms with Gasteiger partial charge in [0.2, 0.25) is 5.91 Å². The first-order valence-electron chi connectivity index (χ1n) is 6.35. The summed E-state index contributed by atoms with van der Waals surface area (Å²) in [6.45, 7) is 2.30. The summed E-state index contributed by atoms with van der Waals surface area (Å²) in [5, 5.41) is 6.73. The monoisotopic (exact) mass is 208 g/mol. The average molecular weight is 208 g/mol. The van der Waals surface area contributed by atoms with Crippen LogP contribution >= 0.6 is 0 Å². The highest BCUT2D eigenvalue weighted by atomic mass is 16.2. The van der Waals surface area contributed by atoms with E-state index in [0.29, 0.717) is 17.9 Å². The van der Waals surface area contributed by atoms with Gasteiger partial charge in [0.25, 0.3) is 0 Å². The minimum atomic E-state index is 0.333. The Labute approximate surface area is 91.0 Å². The van der Waals surface area contributed by atoms with Gasteiger partial charge in [-0.05, 0) is 57.0 Å². The van der Waals surface area contributed by atoms with E-state index >= 15 is 0 Å². The average Bonchev–Trinajstić information content (AvgIpc) is 3.03. The minimum Gasteiger partial charge on any atom is -0.353 e. The van der Waals surface area contributed by atoms with E-state index in [-0.39, 0.29) is 0 Å². The molecule has 0 aromatic rings. The van der Waals surface area contributed by atoms with E-state index in [1.165, 1.54) is 25.8 Å². The molecule has 1 amide bonds. The molecule has 0 aromatic carbocycles. The van der Waals surface area contributed by atoms with E-state index in [2.05, 4.69) is 10.6 Å². The van der Waals surface area contributed by atoms with E-state index in [1.54, 1.807) is 0 Å². The Balaban J connectivity index is 1.58. The highest BCUT2D eigenvalue weighted by molar-refractivity contribution is 5.81. The third-order valence-corrected chi connectivity index (χ3v) is 4.31. The molecule has 3 unspecified atom stereocenters. The molecule has 0 spiro atoms. The van der Waals surface area contributed by atoms with Gasteiger partial charge in [-0.1, -0.05) is 0 Å². The molecule has 0 bridgehead atoms. The summed E-state index contributed by atoms with van der Waals surface area (Å²) in [6, 6.07) is 0.491. The number of rotatable bonds is 2. The van der Waals surface area contributed by atoms with E-state index < -0.39 is 0 Å². The zero-order valence-electron chi connectivity index (χ0n) is 9.17. The maximum atomic E-state index is 11.7. The van der Waals surface area contributed by atoms with Crippen LogP contribution < -0.4 is 10.6 Å². The standard InChI is InChI=1S/C12H20N2O/c15-12(8-1-2-8)14-11-4-3-9-7-13-6-5-10(9)11/h8-11,13H,1-7H2,(H,14,15). The summed E-state index contributed by atoms with van der Waals surface area (Å²) >= 11 is 0. The number of piperidine rings is 1. The lowest BCUT2D eigenvalue weighted by molar-refractivity contribution is -0.123. The zero-order valence-corrected chi connectivity index (χ0v) is 9.17. The molecular formula is C12H20N2O. The van der Waals surface area contributed by atoms with Crippen LogP contribution in [0.25, 0.3) is 0 Å². The van der Waals surface area contributed by atoms with Crippen LogP contribution in [0.4, 0.5) is 0 Å². The molecule has 3 nitrogen and oxygen atoms in total. The molecule has 2 saturated carbocycles. The van der Waals surface area contributed by atoms with Gasteiger partial charge in [-0.3, -0.25) is 4.79 Å². The fraction of sp³-hybridized carbons (Fsp3) is 0.917. The van der Waals surface area contributed by atoms with Gasteiger partial charge in [-0.25, -0.2) is 0 Å². The molecule has 1 aliphatic heterocycles. The van der Waals surface area contributed by atoms with Crippen LogP contribution in [0.15, 0.2) is 0 Å². The molecule has 15 heavy (non-hydrogen) atoms. The number of carbonyl (C=O) groups is 1. The molecule has 2 N–H and O–H groups in total. The second kappa shape index (κ2) is 3.78. The van der Waals surface area contributed by atoms with E-state index in [9.17, 15) is 4.79 Å². The van der Waals surface area contributed by atoms with Crippen molar-refractivity contribution in [1.29, 1.82) is 0 Å². The van der Waals surface area contributed by atoms with Gasteiger partial charge in [-0.2, -0.15) is 0 Å². The quantitative estimate of drug-likeness (QED) is 0.708. The van der Waals surface area contributed by atoms with Crippen molar-refractivity contribution in [1.82, 2.24) is 10.6 Å². The van der Waals surface area contributed by atoms with Crippen LogP contribution in [0.3, 0.4) is 0 Å². The lowest BCUT2D eigenvalue weighted by Gasteiger charge is -2.30. The first kappa shape index (κ1) is 9.64. The highest BCUT2D eigenvalue weighted by Crippen LogP contribution is 2.37. The van der Waals surface area contributed by atoms with Gasteiger partial charge >= 0.3 is 0 Å². The molecule has 3 aliphatic rings. The summed E-state index contributed by atoms with van der Waals surface area (Å²) in [4.78, 5) is 11.7. The van der Waals surface area contributed by atoms with Crippen molar-refractivity contribution in [3.8, 4) is 0 Å². The number of carbonyl (C=O) groups excluding carboxylic acids is 1. The Morgan fingerprint density at radius 1 is 1.13 bits per heavy atom. The second-order valence-corrected chi connectivity index (χ2v) is 5.38. The minimum absolute atomic E-state index is 0.333. The lowest BCUT2D eigenvalue weighted by Crippen LogP contribution is -2.44. The summed E-state index contributed by atoms with van der Waals surface area (Å²) in [5.74, 6) is 2.28. The van der Waals surface area contributed by atoms with Crippen molar-refractivity contribution in [3.05, 3.63) is 0 Å². The fourth-order valence-corrected chi connectivity index (χ4v) is 3.22. The molecule has 3 heteroatoms. The Morgan fingerprint density at radius 3 is 2.80 bits per heavy atom. The zero-order chi connectivity index (χ0) is 10.3. The molecule has 2 aliphatic carbocycles. The van der Waals surface area contributed by atoms with Crippen LogP contribution in [0.5, 0.6) is 0 Å². The maximum absolute atomic E-state index is 11.7. The first-order valence-corrected chi connectivity index (χ1v) is 6.35. The van der Waals surface area contributed by atoms with Crippen molar-refractivity contribution in [2.75, 3.05) is 13.1 Å². The van der Waals surface area contributed by atoms with Gasteiger partial charge in [-0.15, -0.1) is 0 Å². The first-order chi connectivity index (χ1) is 7.34. The normalized spacial score (nSPS) is 39.9. The predicted octanol–water partition coefficient (Wildman–Crippen LogP) is 0.901. The van der Waals surface area contributed by atoms with Crippen molar-refractivity contribution in [2.24, 2.45) is 17.8 Å². The van der Waals surface area contributed by atoms with Gasteiger partial charge in [0.15, 0.2) is 0 Å². The van der Waals surface area contributed by atoms with Crippen molar-refractivity contribution in [2.45, 2.75) is 38.1 Å². The van der Waals surface area contributed by atoms with Crippen LogP contribution in [-0.2, 0) is 4.79 Å². The van der Waals surface area contributed by atoms with E-state index in [4.69, 9.17) is 0 Å². The number of fused-ring (bicyclic) bond motifs is 1. The van der Waals surface area contributed by atoms with Crippen LogP contribution in [0, 0.1) is 17.8 Å². The Kier molecular flexibility index (Phi) is 2.43. The summed E-state index contributed by atoms with van der Waals surface area (Å²) in [6.07, 6.45) is 5.99. The van der Waals surface area contributed by atoms with Crippen molar-refractivity contribution in [3.63, 3.8) is 0 Å². The summed E-state index contributed by atoms with van der Waals surface area (Å²) in [7, 11) is 0. The van der Waals surface area contributed by atoms with Crippen molar-refractivity contribution >= 4 is 5.91 Å². The lowest BCUT2D eigenvalue weighted by atomic mass is 9.87. The van der Waals surface area contributed by atoms with Gasteiger partial charge in [0.05, 0.1) is 0 Å². The number of amides is 1. The molecule has 3 atom stereocenters. The maximum Gasteiger partial charge on any atom is 0.223 e. The molecule has 84 valence electrons. The van der Waals surface area contributed by atoms with Crippen LogP contribution in [-0.4, -0.2) is 25.0 Å². The fourth-order valence-electron chi connectivity index (χ4n) is 3.22. The Hall–Kier alpha value is -0.570. The molecule has 1 heterocycles. The smallest absolute Gasteiger partial charge is 0.223 e. The molecule has 3 rings (SSSR count). The third kappa shape index (κ3) is 1.89. The summed E-state index contributed by atoms with van der Waals surface area (Å²) < 4.78 is 0. The molecule has 3 fully saturated rings. The van der Waals surface area contributed by atoms with Gasteiger partial charge in [0.1, 0.15) is 0 Å². The topological polar surface area (TPSA) is 41.1 Å². The van der Waals surface area contributed by atoms with E-state index in [1.807, 2.05) is 0 Å². The van der Waals surface area contributed by atoms with Crippen LogP contribution in [0.1, 0.15) is 32.1 Å². The molecule has 1 saturated heterocycles. The molecule has 0 aromatic heterocycles. The Morgan fingerprint density at radius 2 is 2.00 bits per heavy atom. The predicted molar refractivity (Wildman–Crippen MR) is 58.4 cm³/mol. The van der Waals surface area contributed by atoms with Crippen LogP contribution in [0.2, 0.25) is 0 Å². The van der Waals surface area contributed by atoms with Gasteiger partial charge < -0.3 is 10.6 Å². The molecular weight excluding hydrogens is 188 g/mol. The van der Waals surface area contributed by atoms with Gasteiger partial charge in [0, 0.05) is 12.0 Å². The van der Waals surface area contributed by atoms with Crippen molar-refractivity contribution < 1.29 is 4.79 Å². The molecule has 0 radical (unpaired) electrons. The largest absolute Gasteiger partial charge is 0.353 e.